The number of amides is 2. The molecule has 6 rings (SSSR count). The average Bonchev–Trinajstić information content (AvgIpc) is 3.21. The average molecular weight is 514 g/mol. The van der Waals surface area contributed by atoms with Crippen LogP contribution < -0.4 is 10.6 Å². The summed E-state index contributed by atoms with van der Waals surface area (Å²) in [5.41, 5.74) is 5.93. The van der Waals surface area contributed by atoms with Crippen molar-refractivity contribution in [2.75, 3.05) is 5.32 Å². The van der Waals surface area contributed by atoms with Gasteiger partial charge in [0.1, 0.15) is 17.6 Å². The van der Waals surface area contributed by atoms with E-state index in [2.05, 4.69) is 30.9 Å². The predicted molar refractivity (Wildman–Crippen MR) is 139 cm³/mol. The van der Waals surface area contributed by atoms with Crippen molar-refractivity contribution in [3.05, 3.63) is 82.8 Å². The summed E-state index contributed by atoms with van der Waals surface area (Å²) in [5.74, 6) is -1.32. The lowest BCUT2D eigenvalue weighted by Crippen LogP contribution is -2.49. The number of H-pyrrole nitrogens is 1. The number of pyridine rings is 1. The standard InChI is InChI=1S/C28H28FN7O2/c1-15-23(16(2)35-34-15)21-7-5-19(14-30-21)32-27(38)25(33-26(37)22-8-11-31-36(22)3)24-20-6-4-18(29)12-17(20)13-28(24)9-10-28/h4-8,11-12,14,24-25H,9-10,13H2,1-3H3,(H,32,38)(H,33,37)(H,34,35)/t24?,25-/m0/s1. The number of nitrogens with one attached hydrogen (secondary N) is 3. The summed E-state index contributed by atoms with van der Waals surface area (Å²) >= 11 is 0. The Morgan fingerprint density at radius 1 is 1.18 bits per heavy atom. The lowest BCUT2D eigenvalue weighted by Gasteiger charge is -2.29. The fourth-order valence-corrected chi connectivity index (χ4v) is 5.91. The number of carbonyl (C=O) groups is 2. The molecule has 1 spiro atoms. The number of anilines is 1. The highest BCUT2D eigenvalue weighted by molar-refractivity contribution is 6.01. The van der Waals surface area contributed by atoms with Crippen molar-refractivity contribution in [1.29, 1.82) is 0 Å². The second kappa shape index (κ2) is 8.90. The number of aryl methyl sites for hydroxylation is 3. The minimum absolute atomic E-state index is 0.170. The number of benzene rings is 1. The van der Waals surface area contributed by atoms with Gasteiger partial charge in [0.15, 0.2) is 0 Å². The van der Waals surface area contributed by atoms with Crippen LogP contribution in [0.1, 0.15) is 51.8 Å². The first-order chi connectivity index (χ1) is 18.3. The molecule has 2 atom stereocenters. The van der Waals surface area contributed by atoms with Crippen molar-refractivity contribution in [2.24, 2.45) is 12.5 Å². The van der Waals surface area contributed by atoms with Crippen molar-refractivity contribution in [2.45, 2.75) is 45.1 Å². The summed E-state index contributed by atoms with van der Waals surface area (Å²) < 4.78 is 15.5. The lowest BCUT2D eigenvalue weighted by atomic mass is 9.82. The van der Waals surface area contributed by atoms with Gasteiger partial charge in [0, 0.05) is 30.4 Å². The number of hydrogen-bond acceptors (Lipinski definition) is 5. The number of rotatable bonds is 6. The Kier molecular flexibility index (Phi) is 5.62. The summed E-state index contributed by atoms with van der Waals surface area (Å²) in [6, 6.07) is 9.09. The highest BCUT2D eigenvalue weighted by Crippen LogP contribution is 2.64. The first kappa shape index (κ1) is 24.0. The zero-order valence-corrected chi connectivity index (χ0v) is 21.4. The minimum Gasteiger partial charge on any atom is -0.338 e. The monoisotopic (exact) mass is 513 g/mol. The van der Waals surface area contributed by atoms with Crippen LogP contribution in [-0.2, 0) is 18.3 Å². The minimum atomic E-state index is -0.871. The van der Waals surface area contributed by atoms with Gasteiger partial charge in [-0.2, -0.15) is 10.2 Å². The Morgan fingerprint density at radius 2 is 2.00 bits per heavy atom. The molecule has 1 unspecified atom stereocenters. The Morgan fingerprint density at radius 3 is 2.63 bits per heavy atom. The molecular weight excluding hydrogens is 485 g/mol. The van der Waals surface area contributed by atoms with Crippen LogP contribution in [0.25, 0.3) is 11.3 Å². The van der Waals surface area contributed by atoms with E-state index in [4.69, 9.17) is 0 Å². The Labute approximate surface area is 218 Å². The number of aromatic amines is 1. The number of aromatic nitrogens is 5. The molecule has 0 bridgehead atoms. The van der Waals surface area contributed by atoms with Gasteiger partial charge in [-0.1, -0.05) is 6.07 Å². The van der Waals surface area contributed by atoms with Crippen LogP contribution in [0.5, 0.6) is 0 Å². The van der Waals surface area contributed by atoms with E-state index in [1.807, 2.05) is 19.9 Å². The second-order valence-electron chi connectivity index (χ2n) is 10.4. The molecule has 2 aliphatic carbocycles. The van der Waals surface area contributed by atoms with Crippen molar-refractivity contribution in [3.8, 4) is 11.3 Å². The molecule has 3 aromatic heterocycles. The fraction of sp³-hybridized carbons (Fsp3) is 0.321. The smallest absolute Gasteiger partial charge is 0.270 e. The SMILES string of the molecule is Cc1n[nH]c(C)c1-c1ccc(NC(=O)[C@@H](NC(=O)c2ccnn2C)C2c3ccc(F)cc3CC23CC3)cn1. The van der Waals surface area contributed by atoms with Gasteiger partial charge >= 0.3 is 0 Å². The summed E-state index contributed by atoms with van der Waals surface area (Å²) in [6.45, 7) is 3.84. The third kappa shape index (κ3) is 4.06. The maximum atomic E-state index is 14.1. The zero-order chi connectivity index (χ0) is 26.6. The molecule has 4 aromatic rings. The predicted octanol–water partition coefficient (Wildman–Crippen LogP) is 3.82. The first-order valence-corrected chi connectivity index (χ1v) is 12.6. The van der Waals surface area contributed by atoms with Gasteiger partial charge in [-0.25, -0.2) is 4.39 Å². The molecule has 3 heterocycles. The molecule has 0 radical (unpaired) electrons. The largest absolute Gasteiger partial charge is 0.338 e. The van der Waals surface area contributed by atoms with Crippen LogP contribution in [0.2, 0.25) is 0 Å². The normalized spacial score (nSPS) is 17.7. The van der Waals surface area contributed by atoms with Gasteiger partial charge in [0.05, 0.1) is 23.3 Å². The molecule has 1 aromatic carbocycles. The molecular formula is C28H28FN7O2. The van der Waals surface area contributed by atoms with E-state index in [-0.39, 0.29) is 23.1 Å². The van der Waals surface area contributed by atoms with E-state index in [1.165, 1.54) is 16.9 Å². The van der Waals surface area contributed by atoms with E-state index in [0.717, 1.165) is 46.6 Å². The van der Waals surface area contributed by atoms with Crippen molar-refractivity contribution in [3.63, 3.8) is 0 Å². The highest BCUT2D eigenvalue weighted by atomic mass is 19.1. The van der Waals surface area contributed by atoms with E-state index in [1.54, 1.807) is 37.5 Å². The van der Waals surface area contributed by atoms with E-state index >= 15 is 0 Å². The van der Waals surface area contributed by atoms with Crippen LogP contribution in [0.3, 0.4) is 0 Å². The van der Waals surface area contributed by atoms with Crippen molar-refractivity contribution >= 4 is 17.5 Å². The fourth-order valence-electron chi connectivity index (χ4n) is 5.91. The van der Waals surface area contributed by atoms with Crippen LogP contribution in [0.15, 0.2) is 48.8 Å². The van der Waals surface area contributed by atoms with Crippen LogP contribution in [0.4, 0.5) is 10.1 Å². The molecule has 38 heavy (non-hydrogen) atoms. The molecule has 1 fully saturated rings. The van der Waals surface area contributed by atoms with Gasteiger partial charge < -0.3 is 10.6 Å². The molecule has 2 amide bonds. The Balaban J connectivity index is 1.32. The molecule has 0 aliphatic heterocycles. The van der Waals surface area contributed by atoms with Gasteiger partial charge in [0.25, 0.3) is 5.91 Å². The van der Waals surface area contributed by atoms with Crippen molar-refractivity contribution in [1.82, 2.24) is 30.3 Å². The Bertz CT molecular complexity index is 1530. The van der Waals surface area contributed by atoms with Crippen LogP contribution in [0, 0.1) is 25.1 Å². The van der Waals surface area contributed by atoms with Gasteiger partial charge in [-0.3, -0.25) is 24.4 Å². The Hall–Kier alpha value is -4.34. The topological polar surface area (TPSA) is 118 Å². The molecule has 10 heteroatoms. The van der Waals surface area contributed by atoms with Crippen molar-refractivity contribution < 1.29 is 14.0 Å². The molecule has 194 valence electrons. The first-order valence-electron chi connectivity index (χ1n) is 12.6. The van der Waals surface area contributed by atoms with E-state index in [0.29, 0.717) is 17.8 Å². The number of carbonyl (C=O) groups excluding carboxylic acids is 2. The molecule has 2 aliphatic rings. The highest BCUT2D eigenvalue weighted by Gasteiger charge is 2.58. The maximum absolute atomic E-state index is 14.1. The third-order valence-electron chi connectivity index (χ3n) is 7.91. The molecule has 3 N–H and O–H groups in total. The zero-order valence-electron chi connectivity index (χ0n) is 21.4. The summed E-state index contributed by atoms with van der Waals surface area (Å²) in [6.07, 6.45) is 5.66. The number of hydrogen-bond donors (Lipinski definition) is 3. The quantitative estimate of drug-likeness (QED) is 0.362. The van der Waals surface area contributed by atoms with Crippen LogP contribution in [-0.4, -0.2) is 42.8 Å². The lowest BCUT2D eigenvalue weighted by molar-refractivity contribution is -0.118. The van der Waals surface area contributed by atoms with Gasteiger partial charge in [-0.15, -0.1) is 0 Å². The summed E-state index contributed by atoms with van der Waals surface area (Å²) in [5, 5.41) is 17.2. The summed E-state index contributed by atoms with van der Waals surface area (Å²) in [4.78, 5) is 31.6. The van der Waals surface area contributed by atoms with Crippen LogP contribution >= 0.6 is 0 Å². The third-order valence-corrected chi connectivity index (χ3v) is 7.91. The number of halogens is 1. The number of fused-ring (bicyclic) bond motifs is 1. The maximum Gasteiger partial charge on any atom is 0.270 e. The van der Waals surface area contributed by atoms with E-state index in [9.17, 15) is 14.0 Å². The van der Waals surface area contributed by atoms with Gasteiger partial charge in [-0.05, 0) is 80.0 Å². The molecule has 9 nitrogen and oxygen atoms in total. The number of nitrogens with zero attached hydrogens (tertiary/aromatic N) is 4. The summed E-state index contributed by atoms with van der Waals surface area (Å²) in [7, 11) is 1.68. The van der Waals surface area contributed by atoms with Gasteiger partial charge in [0.2, 0.25) is 5.91 Å². The molecule has 0 saturated heterocycles. The molecule has 1 saturated carbocycles. The van der Waals surface area contributed by atoms with E-state index < -0.39 is 11.9 Å². The second-order valence-corrected chi connectivity index (χ2v) is 10.4.